The summed E-state index contributed by atoms with van der Waals surface area (Å²) < 4.78 is 14.7. The number of nitrogens with one attached hydrogen (secondary N) is 1. The minimum Gasteiger partial charge on any atom is -0.313 e. The molecular weight excluding hydrogens is 213 g/mol. The molecule has 1 N–H and O–H groups in total. The molecule has 1 aliphatic carbocycles. The summed E-state index contributed by atoms with van der Waals surface area (Å²) in [6, 6.07) is 8.27. The molecule has 0 spiro atoms. The van der Waals surface area contributed by atoms with Gasteiger partial charge in [0.1, 0.15) is 5.67 Å². The Hall–Kier alpha value is -0.890. The molecule has 1 unspecified atom stereocenters. The first-order valence-electron chi connectivity index (χ1n) is 6.78. The Morgan fingerprint density at radius 2 is 1.88 bits per heavy atom. The van der Waals surface area contributed by atoms with Crippen LogP contribution in [-0.4, -0.2) is 13.1 Å². The lowest BCUT2D eigenvalue weighted by Crippen LogP contribution is -2.40. The van der Waals surface area contributed by atoms with Gasteiger partial charge in [-0.15, -0.1) is 0 Å². The Labute approximate surface area is 102 Å². The van der Waals surface area contributed by atoms with E-state index in [1.165, 1.54) is 24.8 Å². The van der Waals surface area contributed by atoms with Gasteiger partial charge >= 0.3 is 0 Å². The summed E-state index contributed by atoms with van der Waals surface area (Å²) in [5.41, 5.74) is 1.11. The molecule has 1 heterocycles. The van der Waals surface area contributed by atoms with E-state index < -0.39 is 5.67 Å². The van der Waals surface area contributed by atoms with Crippen molar-refractivity contribution in [1.82, 2.24) is 5.32 Å². The molecule has 2 heteroatoms. The number of rotatable bonds is 2. The van der Waals surface area contributed by atoms with Crippen LogP contribution in [0.2, 0.25) is 0 Å². The smallest absolute Gasteiger partial charge is 0.148 e. The van der Waals surface area contributed by atoms with Gasteiger partial charge in [-0.25, -0.2) is 4.39 Å². The third kappa shape index (κ3) is 2.11. The van der Waals surface area contributed by atoms with E-state index in [9.17, 15) is 4.39 Å². The molecule has 1 aromatic rings. The first-order valence-corrected chi connectivity index (χ1v) is 6.78. The maximum absolute atomic E-state index is 14.7. The van der Waals surface area contributed by atoms with E-state index in [1.54, 1.807) is 0 Å². The summed E-state index contributed by atoms with van der Waals surface area (Å²) in [5.74, 6) is 0.740. The number of piperidine rings is 1. The average Bonchev–Trinajstić information content (AvgIpc) is 2.28. The van der Waals surface area contributed by atoms with Crippen LogP contribution in [0.25, 0.3) is 0 Å². The van der Waals surface area contributed by atoms with E-state index in [-0.39, 0.29) is 0 Å². The van der Waals surface area contributed by atoms with E-state index in [1.807, 2.05) is 12.1 Å². The highest BCUT2D eigenvalue weighted by molar-refractivity contribution is 5.30. The minimum absolute atomic E-state index is 0.468. The monoisotopic (exact) mass is 233 g/mol. The molecule has 1 saturated carbocycles. The molecule has 0 radical (unpaired) electrons. The predicted octanol–water partition coefficient (Wildman–Crippen LogP) is 3.50. The first kappa shape index (κ1) is 11.2. The molecule has 2 fully saturated rings. The highest BCUT2D eigenvalue weighted by Crippen LogP contribution is 2.38. The third-order valence-electron chi connectivity index (χ3n) is 4.34. The van der Waals surface area contributed by atoms with Gasteiger partial charge in [0.05, 0.1) is 0 Å². The zero-order chi connectivity index (χ0) is 11.7. The lowest BCUT2D eigenvalue weighted by Gasteiger charge is -2.31. The predicted molar refractivity (Wildman–Crippen MR) is 67.9 cm³/mol. The molecule has 0 bridgehead atoms. The molecule has 0 amide bonds. The molecule has 1 aromatic carbocycles. The van der Waals surface area contributed by atoms with Gasteiger partial charge in [0.15, 0.2) is 0 Å². The van der Waals surface area contributed by atoms with Gasteiger partial charge < -0.3 is 5.32 Å². The third-order valence-corrected chi connectivity index (χ3v) is 4.34. The summed E-state index contributed by atoms with van der Waals surface area (Å²) in [7, 11) is 0. The second-order valence-electron chi connectivity index (χ2n) is 5.50. The molecule has 1 saturated heterocycles. The second kappa shape index (κ2) is 4.41. The van der Waals surface area contributed by atoms with Crippen LogP contribution >= 0.6 is 0 Å². The maximum Gasteiger partial charge on any atom is 0.148 e. The van der Waals surface area contributed by atoms with E-state index in [4.69, 9.17) is 0 Å². The van der Waals surface area contributed by atoms with Crippen LogP contribution in [0.5, 0.6) is 0 Å². The Kier molecular flexibility index (Phi) is 2.91. The molecule has 1 nitrogen and oxygen atoms in total. The number of benzene rings is 1. The average molecular weight is 233 g/mol. The number of hydrogen-bond donors (Lipinski definition) is 1. The quantitative estimate of drug-likeness (QED) is 0.824. The highest BCUT2D eigenvalue weighted by Gasteiger charge is 2.33. The van der Waals surface area contributed by atoms with E-state index >= 15 is 0 Å². The molecule has 0 aromatic heterocycles. The van der Waals surface area contributed by atoms with Crippen LogP contribution in [0.1, 0.15) is 49.1 Å². The van der Waals surface area contributed by atoms with Crippen molar-refractivity contribution in [3.63, 3.8) is 0 Å². The van der Waals surface area contributed by atoms with Gasteiger partial charge in [0.2, 0.25) is 0 Å². The largest absolute Gasteiger partial charge is 0.313 e. The van der Waals surface area contributed by atoms with Crippen LogP contribution in [0.3, 0.4) is 0 Å². The summed E-state index contributed by atoms with van der Waals surface area (Å²) in [4.78, 5) is 0. The van der Waals surface area contributed by atoms with Crippen molar-refractivity contribution < 1.29 is 4.39 Å². The van der Waals surface area contributed by atoms with E-state index in [2.05, 4.69) is 17.4 Å². The SMILES string of the molecule is FC1(c2ccc(C3CCC3)cc2)CCCNC1. The summed E-state index contributed by atoms with van der Waals surface area (Å²) in [6.45, 7) is 1.42. The lowest BCUT2D eigenvalue weighted by molar-refractivity contribution is 0.122. The van der Waals surface area contributed by atoms with E-state index in [0.29, 0.717) is 13.0 Å². The van der Waals surface area contributed by atoms with Crippen LogP contribution in [0, 0.1) is 0 Å². The van der Waals surface area contributed by atoms with Crippen molar-refractivity contribution >= 4 is 0 Å². The maximum atomic E-state index is 14.7. The molecular formula is C15H20FN. The van der Waals surface area contributed by atoms with Crippen molar-refractivity contribution in [3.8, 4) is 0 Å². The van der Waals surface area contributed by atoms with E-state index in [0.717, 1.165) is 24.4 Å². The standard InChI is InChI=1S/C15H20FN/c16-15(9-2-10-17-11-15)14-7-5-13(6-8-14)12-3-1-4-12/h5-8,12,17H,1-4,9-11H2. The van der Waals surface area contributed by atoms with Crippen molar-refractivity contribution in [2.45, 2.75) is 43.7 Å². The van der Waals surface area contributed by atoms with Crippen LogP contribution in [0.15, 0.2) is 24.3 Å². The van der Waals surface area contributed by atoms with Gasteiger partial charge in [-0.1, -0.05) is 30.7 Å². The van der Waals surface area contributed by atoms with Gasteiger partial charge in [-0.05, 0) is 49.3 Å². The zero-order valence-electron chi connectivity index (χ0n) is 10.2. The molecule has 1 aliphatic heterocycles. The Bertz CT molecular complexity index is 374. The van der Waals surface area contributed by atoms with Crippen LogP contribution < -0.4 is 5.32 Å². The van der Waals surface area contributed by atoms with Gasteiger partial charge in [0.25, 0.3) is 0 Å². The zero-order valence-corrected chi connectivity index (χ0v) is 10.2. The number of alkyl halides is 1. The lowest BCUT2D eigenvalue weighted by atomic mass is 9.79. The van der Waals surface area contributed by atoms with Crippen LogP contribution in [0.4, 0.5) is 4.39 Å². The van der Waals surface area contributed by atoms with Crippen molar-refractivity contribution in [2.75, 3.05) is 13.1 Å². The Morgan fingerprint density at radius 3 is 2.41 bits per heavy atom. The fourth-order valence-corrected chi connectivity index (χ4v) is 2.91. The normalized spacial score (nSPS) is 29.9. The Balaban J connectivity index is 1.78. The van der Waals surface area contributed by atoms with Crippen molar-refractivity contribution in [2.24, 2.45) is 0 Å². The van der Waals surface area contributed by atoms with Crippen LogP contribution in [-0.2, 0) is 5.67 Å². The Morgan fingerprint density at radius 1 is 1.12 bits per heavy atom. The topological polar surface area (TPSA) is 12.0 Å². The van der Waals surface area contributed by atoms with Gasteiger partial charge in [0, 0.05) is 6.54 Å². The molecule has 92 valence electrons. The molecule has 2 aliphatic rings. The van der Waals surface area contributed by atoms with Crippen molar-refractivity contribution in [1.29, 1.82) is 0 Å². The second-order valence-corrected chi connectivity index (χ2v) is 5.50. The van der Waals surface area contributed by atoms with Gasteiger partial charge in [-0.2, -0.15) is 0 Å². The summed E-state index contributed by atoms with van der Waals surface area (Å²) in [6.07, 6.45) is 5.55. The summed E-state index contributed by atoms with van der Waals surface area (Å²) >= 11 is 0. The number of hydrogen-bond acceptors (Lipinski definition) is 1. The van der Waals surface area contributed by atoms with Crippen molar-refractivity contribution in [3.05, 3.63) is 35.4 Å². The minimum atomic E-state index is -1.14. The number of halogens is 1. The highest BCUT2D eigenvalue weighted by atomic mass is 19.1. The van der Waals surface area contributed by atoms with Gasteiger partial charge in [-0.3, -0.25) is 0 Å². The summed E-state index contributed by atoms with van der Waals surface area (Å²) in [5, 5.41) is 3.16. The fraction of sp³-hybridized carbons (Fsp3) is 0.600. The molecule has 17 heavy (non-hydrogen) atoms. The molecule has 3 rings (SSSR count). The first-order chi connectivity index (χ1) is 8.28. The fourth-order valence-electron chi connectivity index (χ4n) is 2.91. The molecule has 1 atom stereocenters.